The Morgan fingerprint density at radius 3 is 2.86 bits per heavy atom. The highest BCUT2D eigenvalue weighted by Crippen LogP contribution is 2.25. The minimum absolute atomic E-state index is 0.186. The van der Waals surface area contributed by atoms with Crippen LogP contribution in [0.15, 0.2) is 12.4 Å². The number of H-pyrrole nitrogens is 2. The third-order valence-electron chi connectivity index (χ3n) is 1.69. The molecule has 0 saturated heterocycles. The molecule has 0 aliphatic heterocycles. The van der Waals surface area contributed by atoms with Crippen molar-refractivity contribution >= 4 is 11.8 Å². The van der Waals surface area contributed by atoms with Crippen LogP contribution >= 0.6 is 0 Å². The Morgan fingerprint density at radius 1 is 1.50 bits per heavy atom. The smallest absolute Gasteiger partial charge is 0.352 e. The highest BCUT2D eigenvalue weighted by atomic mass is 16.6. The maximum absolute atomic E-state index is 10.5. The predicted molar refractivity (Wildman–Crippen MR) is 47.2 cm³/mol. The second-order valence-electron chi connectivity index (χ2n) is 2.57. The number of hydrogen-bond acceptors (Lipinski definition) is 5. The Kier molecular flexibility index (Phi) is 1.67. The first-order chi connectivity index (χ1) is 6.68. The molecule has 0 saturated carbocycles. The van der Waals surface area contributed by atoms with Crippen LogP contribution in [0.2, 0.25) is 0 Å². The van der Waals surface area contributed by atoms with E-state index in [4.69, 9.17) is 5.73 Å². The van der Waals surface area contributed by atoms with Crippen molar-refractivity contribution in [3.8, 4) is 11.3 Å². The summed E-state index contributed by atoms with van der Waals surface area (Å²) in [5.74, 6) is 0.0177. The van der Waals surface area contributed by atoms with Gasteiger partial charge in [-0.3, -0.25) is 0 Å². The normalized spacial score (nSPS) is 10.3. The lowest BCUT2D eigenvalue weighted by molar-refractivity contribution is -0.388. The number of nitro groups is 1. The van der Waals surface area contributed by atoms with Crippen molar-refractivity contribution in [2.75, 3.05) is 5.73 Å². The van der Waals surface area contributed by atoms with E-state index in [1.165, 1.54) is 12.4 Å². The number of nitrogens with two attached hydrogens (primary N) is 1. The molecule has 2 heterocycles. The van der Waals surface area contributed by atoms with Gasteiger partial charge in [0, 0.05) is 0 Å². The van der Waals surface area contributed by atoms with Crippen LogP contribution in [0, 0.1) is 10.1 Å². The topological polar surface area (TPSA) is 127 Å². The van der Waals surface area contributed by atoms with Crippen LogP contribution in [0.4, 0.5) is 11.8 Å². The predicted octanol–water partition coefficient (Wildman–Crippen LogP) is 0.290. The SMILES string of the molecule is Nc1ncc(-c2cn[nH]c2[N+](=O)[O-])[nH]1. The first kappa shape index (κ1) is 8.23. The molecule has 14 heavy (non-hydrogen) atoms. The minimum atomic E-state index is -0.556. The molecule has 0 atom stereocenters. The molecule has 72 valence electrons. The van der Waals surface area contributed by atoms with Crippen LogP contribution in [0.1, 0.15) is 0 Å². The second-order valence-corrected chi connectivity index (χ2v) is 2.57. The Labute approximate surface area is 77.3 Å². The zero-order valence-electron chi connectivity index (χ0n) is 6.89. The number of anilines is 1. The summed E-state index contributed by atoms with van der Waals surface area (Å²) in [6.07, 6.45) is 2.75. The largest absolute Gasteiger partial charge is 0.369 e. The summed E-state index contributed by atoms with van der Waals surface area (Å²) in [6, 6.07) is 0. The molecule has 8 heteroatoms. The van der Waals surface area contributed by atoms with E-state index in [1.807, 2.05) is 0 Å². The molecule has 0 aliphatic rings. The van der Waals surface area contributed by atoms with E-state index in [2.05, 4.69) is 20.2 Å². The van der Waals surface area contributed by atoms with Gasteiger partial charge in [0.1, 0.15) is 5.56 Å². The van der Waals surface area contributed by atoms with Crippen molar-refractivity contribution in [2.45, 2.75) is 0 Å². The lowest BCUT2D eigenvalue weighted by Gasteiger charge is -1.92. The van der Waals surface area contributed by atoms with E-state index in [-0.39, 0.29) is 11.8 Å². The molecular formula is C6H6N6O2. The van der Waals surface area contributed by atoms with E-state index < -0.39 is 4.92 Å². The van der Waals surface area contributed by atoms with E-state index in [0.29, 0.717) is 11.3 Å². The van der Waals surface area contributed by atoms with Gasteiger partial charge in [-0.05, 0) is 4.92 Å². The quantitative estimate of drug-likeness (QED) is 0.467. The van der Waals surface area contributed by atoms with Crippen molar-refractivity contribution in [1.29, 1.82) is 0 Å². The second kappa shape index (κ2) is 2.83. The first-order valence-corrected chi connectivity index (χ1v) is 3.67. The average Bonchev–Trinajstić information content (AvgIpc) is 2.70. The highest BCUT2D eigenvalue weighted by molar-refractivity contribution is 5.67. The van der Waals surface area contributed by atoms with Gasteiger partial charge in [0.15, 0.2) is 5.95 Å². The van der Waals surface area contributed by atoms with Crippen LogP contribution < -0.4 is 5.73 Å². The van der Waals surface area contributed by atoms with E-state index in [9.17, 15) is 10.1 Å². The Hall–Kier alpha value is -2.38. The lowest BCUT2D eigenvalue weighted by Crippen LogP contribution is -1.91. The molecule has 2 rings (SSSR count). The van der Waals surface area contributed by atoms with Gasteiger partial charge in [-0.15, -0.1) is 5.10 Å². The van der Waals surface area contributed by atoms with Gasteiger partial charge < -0.3 is 20.8 Å². The van der Waals surface area contributed by atoms with Crippen molar-refractivity contribution in [3.05, 3.63) is 22.5 Å². The fourth-order valence-electron chi connectivity index (χ4n) is 1.09. The zero-order chi connectivity index (χ0) is 10.1. The number of nitrogen functional groups attached to an aromatic ring is 1. The van der Waals surface area contributed by atoms with Crippen LogP contribution in [0.3, 0.4) is 0 Å². The molecule has 0 amide bonds. The van der Waals surface area contributed by atoms with Crippen LogP contribution in [-0.2, 0) is 0 Å². The molecule has 0 bridgehead atoms. The number of rotatable bonds is 2. The van der Waals surface area contributed by atoms with Gasteiger partial charge in [0.2, 0.25) is 0 Å². The number of aromatic nitrogens is 4. The number of nitrogens with one attached hydrogen (secondary N) is 2. The van der Waals surface area contributed by atoms with Gasteiger partial charge in [-0.25, -0.2) is 4.98 Å². The van der Waals surface area contributed by atoms with Gasteiger partial charge >= 0.3 is 5.82 Å². The van der Waals surface area contributed by atoms with Crippen molar-refractivity contribution in [1.82, 2.24) is 20.2 Å². The van der Waals surface area contributed by atoms with E-state index in [0.717, 1.165) is 0 Å². The third-order valence-corrected chi connectivity index (χ3v) is 1.69. The maximum Gasteiger partial charge on any atom is 0.352 e. The van der Waals surface area contributed by atoms with Crippen molar-refractivity contribution in [2.24, 2.45) is 0 Å². The fraction of sp³-hybridized carbons (Fsp3) is 0. The molecule has 0 unspecified atom stereocenters. The number of nitrogens with zero attached hydrogens (tertiary/aromatic N) is 3. The van der Waals surface area contributed by atoms with Crippen LogP contribution in [-0.4, -0.2) is 25.1 Å². The lowest BCUT2D eigenvalue weighted by atomic mass is 10.2. The van der Waals surface area contributed by atoms with Crippen molar-refractivity contribution < 1.29 is 4.92 Å². The minimum Gasteiger partial charge on any atom is -0.369 e. The number of aromatic amines is 2. The number of imidazole rings is 1. The summed E-state index contributed by atoms with van der Waals surface area (Å²) < 4.78 is 0. The Balaban J connectivity index is 2.51. The van der Waals surface area contributed by atoms with E-state index >= 15 is 0 Å². The molecular weight excluding hydrogens is 188 g/mol. The van der Waals surface area contributed by atoms with Gasteiger partial charge in [-0.2, -0.15) is 0 Å². The summed E-state index contributed by atoms with van der Waals surface area (Å²) in [5, 5.41) is 16.4. The molecule has 2 aromatic heterocycles. The summed E-state index contributed by atoms with van der Waals surface area (Å²) in [7, 11) is 0. The third kappa shape index (κ3) is 1.18. The molecule has 4 N–H and O–H groups in total. The molecule has 8 nitrogen and oxygen atoms in total. The molecule has 0 aromatic carbocycles. The molecule has 0 fully saturated rings. The standard InChI is InChI=1S/C6H6N6O2/c7-6-8-2-4(10-6)3-1-9-11-5(3)12(13)14/h1-2H,(H,9,11)(H3,7,8,10). The Morgan fingerprint density at radius 2 is 2.29 bits per heavy atom. The number of hydrogen-bond donors (Lipinski definition) is 3. The van der Waals surface area contributed by atoms with Gasteiger partial charge in [-0.1, -0.05) is 5.10 Å². The van der Waals surface area contributed by atoms with Gasteiger partial charge in [0.25, 0.3) is 0 Å². The zero-order valence-corrected chi connectivity index (χ0v) is 6.89. The molecule has 0 spiro atoms. The maximum atomic E-state index is 10.5. The molecule has 0 aliphatic carbocycles. The van der Waals surface area contributed by atoms with Crippen LogP contribution in [0.5, 0.6) is 0 Å². The average molecular weight is 194 g/mol. The van der Waals surface area contributed by atoms with E-state index in [1.54, 1.807) is 0 Å². The molecule has 0 radical (unpaired) electrons. The summed E-state index contributed by atoms with van der Waals surface area (Å²) in [4.78, 5) is 16.4. The first-order valence-electron chi connectivity index (χ1n) is 3.67. The molecule has 2 aromatic rings. The van der Waals surface area contributed by atoms with Gasteiger partial charge in [0.05, 0.1) is 18.1 Å². The summed E-state index contributed by atoms with van der Waals surface area (Å²) in [5.41, 5.74) is 6.14. The summed E-state index contributed by atoms with van der Waals surface area (Å²) in [6.45, 7) is 0. The Bertz CT molecular complexity index is 472. The van der Waals surface area contributed by atoms with Crippen LogP contribution in [0.25, 0.3) is 11.3 Å². The monoisotopic (exact) mass is 194 g/mol. The van der Waals surface area contributed by atoms with Crippen molar-refractivity contribution in [3.63, 3.8) is 0 Å². The summed E-state index contributed by atoms with van der Waals surface area (Å²) >= 11 is 0. The fourth-order valence-corrected chi connectivity index (χ4v) is 1.09. The highest BCUT2D eigenvalue weighted by Gasteiger charge is 2.17.